The van der Waals surface area contributed by atoms with Crippen LogP contribution in [0.5, 0.6) is 0 Å². The van der Waals surface area contributed by atoms with E-state index in [9.17, 15) is 18.3 Å². The number of aliphatic hydroxyl groups excluding tert-OH is 1. The van der Waals surface area contributed by atoms with Gasteiger partial charge in [0.05, 0.1) is 22.8 Å². The van der Waals surface area contributed by atoms with Crippen LogP contribution in [-0.4, -0.2) is 55.4 Å². The quantitative estimate of drug-likeness (QED) is 0.844. The summed E-state index contributed by atoms with van der Waals surface area (Å²) in [5, 5.41) is 13.0. The summed E-state index contributed by atoms with van der Waals surface area (Å²) in [5.74, 6) is 1.13. The number of likely N-dealkylation sites (tertiary alicyclic amines) is 1. The SMILES string of the molecule is O=C(NCCS(=O)(=O)c1ccccc1)N1CC2CC3CC2C1C3O. The lowest BCUT2D eigenvalue weighted by Gasteiger charge is -2.28. The van der Waals surface area contributed by atoms with Crippen molar-refractivity contribution in [1.29, 1.82) is 0 Å². The van der Waals surface area contributed by atoms with Crippen LogP contribution in [-0.2, 0) is 9.84 Å². The molecular formula is C17H22N2O4S. The molecule has 130 valence electrons. The Morgan fingerprint density at radius 2 is 1.96 bits per heavy atom. The molecule has 6 nitrogen and oxygen atoms in total. The highest BCUT2D eigenvalue weighted by molar-refractivity contribution is 7.91. The molecular weight excluding hydrogens is 328 g/mol. The molecule has 1 aromatic carbocycles. The van der Waals surface area contributed by atoms with E-state index < -0.39 is 15.9 Å². The number of hydrogen-bond donors (Lipinski definition) is 2. The molecule has 2 bridgehead atoms. The molecule has 5 unspecified atom stereocenters. The van der Waals surface area contributed by atoms with Crippen LogP contribution in [0.2, 0.25) is 0 Å². The third kappa shape index (κ3) is 2.50. The van der Waals surface area contributed by atoms with Gasteiger partial charge in [-0.1, -0.05) is 18.2 Å². The number of aliphatic hydroxyl groups is 1. The minimum atomic E-state index is -3.39. The molecule has 5 atom stereocenters. The molecule has 3 fully saturated rings. The zero-order valence-corrected chi connectivity index (χ0v) is 14.2. The van der Waals surface area contributed by atoms with Gasteiger partial charge in [0.2, 0.25) is 0 Å². The van der Waals surface area contributed by atoms with Crippen molar-refractivity contribution in [2.75, 3.05) is 18.8 Å². The zero-order chi connectivity index (χ0) is 16.9. The van der Waals surface area contributed by atoms with Gasteiger partial charge in [-0.25, -0.2) is 13.2 Å². The summed E-state index contributed by atoms with van der Waals surface area (Å²) in [6.07, 6.45) is 1.60. The molecule has 0 aromatic heterocycles. The Kier molecular flexibility index (Phi) is 3.80. The Labute approximate surface area is 141 Å². The van der Waals surface area contributed by atoms with E-state index >= 15 is 0 Å². The average molecular weight is 350 g/mol. The van der Waals surface area contributed by atoms with Gasteiger partial charge < -0.3 is 15.3 Å². The van der Waals surface area contributed by atoms with Crippen molar-refractivity contribution in [3.05, 3.63) is 30.3 Å². The molecule has 1 saturated heterocycles. The molecule has 2 amide bonds. The summed E-state index contributed by atoms with van der Waals surface area (Å²) in [7, 11) is -3.39. The Hall–Kier alpha value is -1.60. The fourth-order valence-electron chi connectivity index (χ4n) is 4.79. The van der Waals surface area contributed by atoms with Crippen LogP contribution in [0.15, 0.2) is 35.2 Å². The molecule has 3 aliphatic rings. The van der Waals surface area contributed by atoms with Gasteiger partial charge in [-0.2, -0.15) is 0 Å². The summed E-state index contributed by atoms with van der Waals surface area (Å²) >= 11 is 0. The number of hydrogen-bond acceptors (Lipinski definition) is 4. The van der Waals surface area contributed by atoms with Crippen molar-refractivity contribution < 1.29 is 18.3 Å². The smallest absolute Gasteiger partial charge is 0.317 e. The first kappa shape index (κ1) is 15.9. The Morgan fingerprint density at radius 3 is 2.67 bits per heavy atom. The largest absolute Gasteiger partial charge is 0.391 e. The molecule has 4 rings (SSSR count). The third-order valence-electron chi connectivity index (χ3n) is 5.86. The predicted octanol–water partition coefficient (Wildman–Crippen LogP) is 0.871. The van der Waals surface area contributed by atoms with Crippen LogP contribution in [0.4, 0.5) is 4.79 Å². The molecule has 1 aromatic rings. The van der Waals surface area contributed by atoms with E-state index in [4.69, 9.17) is 0 Å². The minimum Gasteiger partial charge on any atom is -0.391 e. The number of fused-ring (bicyclic) bond motifs is 1. The Morgan fingerprint density at radius 1 is 1.21 bits per heavy atom. The van der Waals surface area contributed by atoms with E-state index in [1.54, 1.807) is 35.2 Å². The molecule has 1 aliphatic heterocycles. The standard InChI is InChI=1S/C17H22N2O4S/c20-16-11-8-12-10-19(15(16)14(12)9-11)17(21)18-6-7-24(22,23)13-4-2-1-3-5-13/h1-5,11-12,14-16,20H,6-10H2,(H,18,21). The van der Waals surface area contributed by atoms with Crippen molar-refractivity contribution >= 4 is 15.9 Å². The van der Waals surface area contributed by atoms with E-state index in [1.807, 2.05) is 0 Å². The molecule has 2 saturated carbocycles. The Bertz CT molecular complexity index is 734. The highest BCUT2D eigenvalue weighted by Gasteiger charge is 2.59. The van der Waals surface area contributed by atoms with E-state index in [2.05, 4.69) is 5.32 Å². The fraction of sp³-hybridized carbons (Fsp3) is 0.588. The monoisotopic (exact) mass is 350 g/mol. The summed E-state index contributed by atoms with van der Waals surface area (Å²) in [5.41, 5.74) is 0. The van der Waals surface area contributed by atoms with E-state index in [0.29, 0.717) is 24.3 Å². The van der Waals surface area contributed by atoms with Gasteiger partial charge in [0, 0.05) is 13.1 Å². The molecule has 1 heterocycles. The molecule has 24 heavy (non-hydrogen) atoms. The van der Waals surface area contributed by atoms with Crippen molar-refractivity contribution in [3.63, 3.8) is 0 Å². The van der Waals surface area contributed by atoms with Gasteiger partial charge in [-0.3, -0.25) is 0 Å². The number of amides is 2. The summed E-state index contributed by atoms with van der Waals surface area (Å²) in [6.45, 7) is 0.758. The number of sulfone groups is 1. The minimum absolute atomic E-state index is 0.0775. The maximum atomic E-state index is 12.4. The lowest BCUT2D eigenvalue weighted by Crippen LogP contribution is -2.48. The van der Waals surface area contributed by atoms with Crippen LogP contribution in [0.1, 0.15) is 12.8 Å². The topological polar surface area (TPSA) is 86.7 Å². The maximum absolute atomic E-state index is 12.4. The molecule has 2 N–H and O–H groups in total. The number of rotatable bonds is 4. The normalized spacial score (nSPS) is 33.9. The molecule has 2 aliphatic carbocycles. The fourth-order valence-corrected chi connectivity index (χ4v) is 5.97. The number of carbonyl (C=O) groups is 1. The third-order valence-corrected chi connectivity index (χ3v) is 7.59. The van der Waals surface area contributed by atoms with E-state index in [0.717, 1.165) is 12.8 Å². The van der Waals surface area contributed by atoms with Crippen molar-refractivity contribution in [2.45, 2.75) is 29.9 Å². The lowest BCUT2D eigenvalue weighted by molar-refractivity contribution is 0.0610. The number of nitrogens with zero attached hydrogens (tertiary/aromatic N) is 1. The van der Waals surface area contributed by atoms with Gasteiger partial charge in [0.15, 0.2) is 9.84 Å². The highest BCUT2D eigenvalue weighted by Crippen LogP contribution is 2.54. The second kappa shape index (κ2) is 5.74. The highest BCUT2D eigenvalue weighted by atomic mass is 32.2. The van der Waals surface area contributed by atoms with Crippen LogP contribution < -0.4 is 5.32 Å². The zero-order valence-electron chi connectivity index (χ0n) is 13.3. The summed E-state index contributed by atoms with van der Waals surface area (Å²) in [4.78, 5) is 14.4. The Balaban J connectivity index is 1.35. The van der Waals surface area contributed by atoms with Crippen molar-refractivity contribution in [2.24, 2.45) is 17.8 Å². The first-order chi connectivity index (χ1) is 11.5. The number of carbonyl (C=O) groups excluding carboxylic acids is 1. The first-order valence-corrected chi connectivity index (χ1v) is 10.1. The number of benzene rings is 1. The number of urea groups is 1. The first-order valence-electron chi connectivity index (χ1n) is 8.48. The maximum Gasteiger partial charge on any atom is 0.317 e. The second-order valence-corrected chi connectivity index (χ2v) is 9.26. The molecule has 0 spiro atoms. The predicted molar refractivity (Wildman–Crippen MR) is 88.1 cm³/mol. The van der Waals surface area contributed by atoms with Crippen LogP contribution in [0, 0.1) is 17.8 Å². The van der Waals surface area contributed by atoms with E-state index in [1.165, 1.54) is 0 Å². The lowest BCUT2D eigenvalue weighted by atomic mass is 9.88. The average Bonchev–Trinajstić information content (AvgIpc) is 3.18. The summed E-state index contributed by atoms with van der Waals surface area (Å²) < 4.78 is 24.4. The van der Waals surface area contributed by atoms with E-state index in [-0.39, 0.29) is 29.3 Å². The van der Waals surface area contributed by atoms with Crippen molar-refractivity contribution in [1.82, 2.24) is 10.2 Å². The molecule has 7 heteroatoms. The van der Waals surface area contributed by atoms with Gasteiger partial charge in [-0.05, 0) is 42.7 Å². The second-order valence-electron chi connectivity index (χ2n) is 7.15. The molecule has 0 radical (unpaired) electrons. The van der Waals surface area contributed by atoms with Gasteiger partial charge >= 0.3 is 6.03 Å². The summed E-state index contributed by atoms with van der Waals surface area (Å²) in [6, 6.07) is 7.92. The number of nitrogens with one attached hydrogen (secondary N) is 1. The van der Waals surface area contributed by atoms with Gasteiger partial charge in [0.25, 0.3) is 0 Å². The van der Waals surface area contributed by atoms with Crippen LogP contribution >= 0.6 is 0 Å². The van der Waals surface area contributed by atoms with Crippen LogP contribution in [0.3, 0.4) is 0 Å². The van der Waals surface area contributed by atoms with Gasteiger partial charge in [-0.15, -0.1) is 0 Å². The van der Waals surface area contributed by atoms with Crippen molar-refractivity contribution in [3.8, 4) is 0 Å². The van der Waals surface area contributed by atoms with Gasteiger partial charge in [0.1, 0.15) is 0 Å². The van der Waals surface area contributed by atoms with Crippen LogP contribution in [0.25, 0.3) is 0 Å².